The summed E-state index contributed by atoms with van der Waals surface area (Å²) in [5.74, 6) is 1.12. The van der Waals surface area contributed by atoms with Crippen molar-refractivity contribution in [1.82, 2.24) is 20.0 Å². The van der Waals surface area contributed by atoms with E-state index in [9.17, 15) is 4.79 Å². The monoisotopic (exact) mass is 310 g/mol. The first kappa shape index (κ1) is 16.2. The van der Waals surface area contributed by atoms with Crippen molar-refractivity contribution in [3.05, 3.63) is 18.0 Å². The average Bonchev–Trinajstić information content (AvgIpc) is 2.74. The number of carbonyl (C=O) groups is 1. The molecule has 1 aromatic heterocycles. The second-order valence-electron chi connectivity index (χ2n) is 5.64. The van der Waals surface area contributed by atoms with Crippen molar-refractivity contribution in [2.75, 3.05) is 18.8 Å². The standard InChI is InChI=1S/C15H26N4OS/c1-4-21-14-7-5-6-8-19(11-14)15(20)17-12(2)13-9-16-18(3)10-13/h9-10,12,14H,4-8,11H2,1-3H3,(H,17,20)/t12-,14-/m1/s1. The van der Waals surface area contributed by atoms with Gasteiger partial charge in [0.2, 0.25) is 0 Å². The van der Waals surface area contributed by atoms with Gasteiger partial charge in [0.25, 0.3) is 0 Å². The molecule has 1 aromatic rings. The second kappa shape index (κ2) is 7.73. The molecule has 2 atom stereocenters. The first-order valence-corrected chi connectivity index (χ1v) is 8.80. The van der Waals surface area contributed by atoms with Crippen LogP contribution in [0.4, 0.5) is 4.79 Å². The van der Waals surface area contributed by atoms with E-state index in [2.05, 4.69) is 17.3 Å². The minimum atomic E-state index is -0.00766. The van der Waals surface area contributed by atoms with E-state index >= 15 is 0 Å². The Bertz CT molecular complexity index is 462. The number of thioether (sulfide) groups is 1. The molecule has 0 saturated carbocycles. The van der Waals surface area contributed by atoms with Gasteiger partial charge in [-0.15, -0.1) is 0 Å². The molecule has 1 N–H and O–H groups in total. The number of hydrogen-bond acceptors (Lipinski definition) is 3. The van der Waals surface area contributed by atoms with Gasteiger partial charge in [0, 0.05) is 37.1 Å². The number of amides is 2. The van der Waals surface area contributed by atoms with Crippen LogP contribution in [0.5, 0.6) is 0 Å². The van der Waals surface area contributed by atoms with Crippen molar-refractivity contribution in [1.29, 1.82) is 0 Å². The Morgan fingerprint density at radius 2 is 2.38 bits per heavy atom. The molecule has 0 aromatic carbocycles. The fraction of sp³-hybridized carbons (Fsp3) is 0.733. The van der Waals surface area contributed by atoms with Crippen LogP contribution >= 0.6 is 11.8 Å². The van der Waals surface area contributed by atoms with Crippen LogP contribution in [-0.4, -0.2) is 44.8 Å². The lowest BCUT2D eigenvalue weighted by molar-refractivity contribution is 0.197. The van der Waals surface area contributed by atoms with Crippen molar-refractivity contribution in [2.45, 2.75) is 44.4 Å². The van der Waals surface area contributed by atoms with Gasteiger partial charge in [-0.25, -0.2) is 4.79 Å². The van der Waals surface area contributed by atoms with Gasteiger partial charge in [-0.2, -0.15) is 16.9 Å². The predicted molar refractivity (Wildman–Crippen MR) is 87.5 cm³/mol. The highest BCUT2D eigenvalue weighted by molar-refractivity contribution is 7.99. The molecule has 1 aliphatic rings. The number of hydrogen-bond donors (Lipinski definition) is 1. The topological polar surface area (TPSA) is 50.2 Å². The summed E-state index contributed by atoms with van der Waals surface area (Å²) >= 11 is 1.97. The van der Waals surface area contributed by atoms with Gasteiger partial charge in [-0.3, -0.25) is 4.68 Å². The Morgan fingerprint density at radius 3 is 3.05 bits per heavy atom. The van der Waals surface area contributed by atoms with Crippen molar-refractivity contribution in [3.8, 4) is 0 Å². The molecule has 0 spiro atoms. The molecule has 0 aliphatic carbocycles. The Kier molecular flexibility index (Phi) is 5.96. The molecule has 6 heteroatoms. The molecule has 0 unspecified atom stereocenters. The van der Waals surface area contributed by atoms with E-state index in [4.69, 9.17) is 0 Å². The van der Waals surface area contributed by atoms with Crippen LogP contribution in [-0.2, 0) is 7.05 Å². The lowest BCUT2D eigenvalue weighted by Gasteiger charge is -2.26. The fourth-order valence-electron chi connectivity index (χ4n) is 2.68. The molecule has 2 amide bonds. The molecule has 0 radical (unpaired) electrons. The van der Waals surface area contributed by atoms with Gasteiger partial charge in [-0.05, 0) is 25.5 Å². The largest absolute Gasteiger partial charge is 0.331 e. The number of urea groups is 1. The zero-order chi connectivity index (χ0) is 15.2. The fourth-order valence-corrected chi connectivity index (χ4v) is 3.77. The van der Waals surface area contributed by atoms with E-state index in [1.807, 2.05) is 43.0 Å². The molecule has 1 fully saturated rings. The number of nitrogens with one attached hydrogen (secondary N) is 1. The number of carbonyl (C=O) groups excluding carboxylic acids is 1. The molecular weight excluding hydrogens is 284 g/mol. The van der Waals surface area contributed by atoms with Crippen molar-refractivity contribution >= 4 is 17.8 Å². The van der Waals surface area contributed by atoms with E-state index in [0.29, 0.717) is 5.25 Å². The van der Waals surface area contributed by atoms with E-state index in [1.54, 1.807) is 4.68 Å². The van der Waals surface area contributed by atoms with Crippen molar-refractivity contribution in [2.24, 2.45) is 7.05 Å². The highest BCUT2D eigenvalue weighted by Crippen LogP contribution is 2.22. The third-order valence-electron chi connectivity index (χ3n) is 3.88. The van der Waals surface area contributed by atoms with Crippen LogP contribution in [0.15, 0.2) is 12.4 Å². The Hall–Kier alpha value is -1.17. The van der Waals surface area contributed by atoms with Gasteiger partial charge >= 0.3 is 6.03 Å². The smallest absolute Gasteiger partial charge is 0.317 e. The third kappa shape index (κ3) is 4.66. The molecule has 0 bridgehead atoms. The van der Waals surface area contributed by atoms with Crippen LogP contribution in [0.2, 0.25) is 0 Å². The summed E-state index contributed by atoms with van der Waals surface area (Å²) in [5.41, 5.74) is 1.04. The van der Waals surface area contributed by atoms with E-state index in [1.165, 1.54) is 12.8 Å². The Morgan fingerprint density at radius 1 is 1.57 bits per heavy atom. The summed E-state index contributed by atoms with van der Waals surface area (Å²) in [5, 5.41) is 7.83. The molecule has 1 aliphatic heterocycles. The van der Waals surface area contributed by atoms with Crippen LogP contribution in [0.3, 0.4) is 0 Å². The zero-order valence-corrected chi connectivity index (χ0v) is 14.0. The summed E-state index contributed by atoms with van der Waals surface area (Å²) < 4.78 is 1.76. The third-order valence-corrected chi connectivity index (χ3v) is 5.07. The van der Waals surface area contributed by atoms with Crippen molar-refractivity contribution in [3.63, 3.8) is 0 Å². The van der Waals surface area contributed by atoms with Crippen LogP contribution in [0.25, 0.3) is 0 Å². The number of aromatic nitrogens is 2. The number of rotatable bonds is 4. The van der Waals surface area contributed by atoms with Crippen molar-refractivity contribution < 1.29 is 4.79 Å². The first-order chi connectivity index (χ1) is 10.1. The maximum Gasteiger partial charge on any atom is 0.317 e. The zero-order valence-electron chi connectivity index (χ0n) is 13.2. The average molecular weight is 310 g/mol. The van der Waals surface area contributed by atoms with E-state index < -0.39 is 0 Å². The molecule has 5 nitrogen and oxygen atoms in total. The predicted octanol–water partition coefficient (Wildman–Crippen LogP) is 2.80. The first-order valence-electron chi connectivity index (χ1n) is 7.75. The van der Waals surface area contributed by atoms with Gasteiger partial charge < -0.3 is 10.2 Å². The highest BCUT2D eigenvalue weighted by Gasteiger charge is 2.23. The minimum absolute atomic E-state index is 0.00766. The summed E-state index contributed by atoms with van der Waals surface area (Å²) in [6.45, 7) is 5.92. The Balaban J connectivity index is 1.91. The number of nitrogens with zero attached hydrogens (tertiary/aromatic N) is 3. The second-order valence-corrected chi connectivity index (χ2v) is 7.22. The maximum absolute atomic E-state index is 12.5. The van der Waals surface area contributed by atoms with E-state index in [-0.39, 0.29) is 12.1 Å². The number of aryl methyl sites for hydroxylation is 1. The SMILES string of the molecule is CCS[C@@H]1CCCCN(C(=O)N[C@H](C)c2cnn(C)c2)C1. The lowest BCUT2D eigenvalue weighted by Crippen LogP contribution is -2.43. The van der Waals surface area contributed by atoms with Gasteiger partial charge in [-0.1, -0.05) is 13.3 Å². The normalized spacial score (nSPS) is 20.9. The summed E-state index contributed by atoms with van der Waals surface area (Å²) in [7, 11) is 1.89. The summed E-state index contributed by atoms with van der Waals surface area (Å²) in [6, 6.07) is 0.0432. The molecule has 21 heavy (non-hydrogen) atoms. The maximum atomic E-state index is 12.5. The van der Waals surface area contributed by atoms with E-state index in [0.717, 1.165) is 30.8 Å². The van der Waals surface area contributed by atoms with Crippen LogP contribution in [0, 0.1) is 0 Å². The van der Waals surface area contributed by atoms with Gasteiger partial charge in [0.05, 0.1) is 12.2 Å². The minimum Gasteiger partial charge on any atom is -0.331 e. The molecule has 118 valence electrons. The van der Waals surface area contributed by atoms with Crippen LogP contribution in [0.1, 0.15) is 44.7 Å². The Labute approximate surface area is 131 Å². The molecule has 1 saturated heterocycles. The molecule has 2 rings (SSSR count). The molecule has 2 heterocycles. The lowest BCUT2D eigenvalue weighted by atomic mass is 10.2. The van der Waals surface area contributed by atoms with Gasteiger partial charge in [0.15, 0.2) is 0 Å². The van der Waals surface area contributed by atoms with Crippen LogP contribution < -0.4 is 5.32 Å². The molecular formula is C15H26N4OS. The highest BCUT2D eigenvalue weighted by atomic mass is 32.2. The summed E-state index contributed by atoms with van der Waals surface area (Å²) in [4.78, 5) is 14.4. The quantitative estimate of drug-likeness (QED) is 0.930. The van der Waals surface area contributed by atoms with Gasteiger partial charge in [0.1, 0.15) is 0 Å². The number of likely N-dealkylation sites (tertiary alicyclic amines) is 1. The summed E-state index contributed by atoms with van der Waals surface area (Å²) in [6.07, 6.45) is 7.31.